The molecule has 0 atom stereocenters. The summed E-state index contributed by atoms with van der Waals surface area (Å²) in [5.74, 6) is 0.686. The first-order chi connectivity index (χ1) is 16.1. The summed E-state index contributed by atoms with van der Waals surface area (Å²) in [5.41, 5.74) is 4.18. The smallest absolute Gasteiger partial charge is 0.209 e. The molecule has 0 spiro atoms. The third-order valence-electron chi connectivity index (χ3n) is 6.16. The number of hydrogen-bond donors (Lipinski definition) is 1. The number of allylic oxidation sites excluding steroid dienone is 3. The van der Waals surface area contributed by atoms with Crippen molar-refractivity contribution in [2.24, 2.45) is 0 Å². The molecule has 0 radical (unpaired) electrons. The van der Waals surface area contributed by atoms with E-state index in [1.807, 2.05) is 47.9 Å². The second-order valence-corrected chi connectivity index (χ2v) is 8.44. The molecule has 168 valence electrons. The lowest BCUT2D eigenvalue weighted by atomic mass is 10.1. The molecule has 1 fully saturated rings. The molecule has 1 saturated heterocycles. The highest BCUT2D eigenvalue weighted by atomic mass is 16.1. The minimum absolute atomic E-state index is 0.0691. The van der Waals surface area contributed by atoms with Crippen LogP contribution in [0.2, 0.25) is 0 Å². The van der Waals surface area contributed by atoms with Crippen LogP contribution in [-0.2, 0) is 4.79 Å². The molecule has 33 heavy (non-hydrogen) atoms. The van der Waals surface area contributed by atoms with Crippen LogP contribution in [0.25, 0.3) is 16.7 Å². The van der Waals surface area contributed by atoms with E-state index >= 15 is 0 Å². The van der Waals surface area contributed by atoms with Crippen molar-refractivity contribution in [3.63, 3.8) is 0 Å². The van der Waals surface area contributed by atoms with Gasteiger partial charge in [0.15, 0.2) is 11.1 Å². The lowest BCUT2D eigenvalue weighted by Gasteiger charge is -2.35. The number of aryl methyl sites for hydroxylation is 1. The van der Waals surface area contributed by atoms with Crippen LogP contribution in [-0.4, -0.2) is 47.0 Å². The number of hydrogen-bond acceptors (Lipinski definition) is 5. The Hall–Kier alpha value is -3.87. The Morgan fingerprint density at radius 1 is 1.03 bits per heavy atom. The number of amides is 1. The van der Waals surface area contributed by atoms with Crippen molar-refractivity contribution in [1.29, 1.82) is 0 Å². The molecule has 5 rings (SSSR count). The van der Waals surface area contributed by atoms with E-state index in [1.54, 1.807) is 11.0 Å². The number of nitrogens with one attached hydrogen (secondary N) is 1. The van der Waals surface area contributed by atoms with E-state index in [4.69, 9.17) is 4.98 Å². The number of nitrogens with zero attached hydrogens (tertiary/aromatic N) is 4. The first-order valence-corrected chi connectivity index (χ1v) is 11.3. The summed E-state index contributed by atoms with van der Waals surface area (Å²) in [6.07, 6.45) is 9.21. The summed E-state index contributed by atoms with van der Waals surface area (Å²) >= 11 is 0. The van der Waals surface area contributed by atoms with Gasteiger partial charge in [0.05, 0.1) is 11.1 Å². The average Bonchev–Trinajstić information content (AvgIpc) is 2.85. The van der Waals surface area contributed by atoms with E-state index in [9.17, 15) is 9.59 Å². The lowest BCUT2D eigenvalue weighted by Crippen LogP contribution is -2.46. The highest BCUT2D eigenvalue weighted by Gasteiger charge is 2.22. The maximum Gasteiger partial charge on any atom is 0.209 e. The number of benzene rings is 1. The van der Waals surface area contributed by atoms with E-state index < -0.39 is 0 Å². The first-order valence-electron chi connectivity index (χ1n) is 11.3. The molecule has 0 saturated carbocycles. The zero-order chi connectivity index (χ0) is 22.8. The molecule has 7 heteroatoms. The van der Waals surface area contributed by atoms with Gasteiger partial charge in [-0.3, -0.25) is 14.2 Å². The number of anilines is 2. The van der Waals surface area contributed by atoms with Gasteiger partial charge in [0.25, 0.3) is 0 Å². The summed E-state index contributed by atoms with van der Waals surface area (Å²) in [6.45, 7) is 4.59. The highest BCUT2D eigenvalue weighted by Crippen LogP contribution is 2.30. The van der Waals surface area contributed by atoms with Crippen molar-refractivity contribution in [2.75, 3.05) is 36.4 Å². The Labute approximate surface area is 192 Å². The quantitative estimate of drug-likeness (QED) is 0.613. The molecule has 0 unspecified atom stereocenters. The summed E-state index contributed by atoms with van der Waals surface area (Å²) in [4.78, 5) is 33.4. The van der Waals surface area contributed by atoms with Crippen LogP contribution in [0.3, 0.4) is 0 Å². The highest BCUT2D eigenvalue weighted by molar-refractivity contribution is 5.92. The van der Waals surface area contributed by atoms with Gasteiger partial charge in [-0.1, -0.05) is 30.4 Å². The van der Waals surface area contributed by atoms with E-state index in [1.165, 1.54) is 0 Å². The normalized spacial score (nSPS) is 16.1. The van der Waals surface area contributed by atoms with Crippen molar-refractivity contribution in [1.82, 2.24) is 14.5 Å². The molecule has 2 aliphatic rings. The number of carbonyl (C=O) groups is 1. The molecule has 3 aromatic rings. The largest absolute Gasteiger partial charge is 0.367 e. The summed E-state index contributed by atoms with van der Waals surface area (Å²) in [5, 5.41) is 4.05. The fourth-order valence-electron chi connectivity index (χ4n) is 4.52. The molecule has 1 N–H and O–H groups in total. The number of para-hydroxylation sites is 1. The van der Waals surface area contributed by atoms with Crippen LogP contribution in [0.1, 0.15) is 18.5 Å². The van der Waals surface area contributed by atoms with Crippen LogP contribution >= 0.6 is 0 Å². The van der Waals surface area contributed by atoms with Crippen LogP contribution < -0.4 is 15.6 Å². The van der Waals surface area contributed by atoms with Crippen LogP contribution in [0, 0.1) is 6.92 Å². The number of pyridine rings is 2. The van der Waals surface area contributed by atoms with Gasteiger partial charge in [-0.05, 0) is 44.0 Å². The van der Waals surface area contributed by atoms with Gasteiger partial charge in [0.2, 0.25) is 6.41 Å². The zero-order valence-corrected chi connectivity index (χ0v) is 18.7. The monoisotopic (exact) mass is 441 g/mol. The maximum absolute atomic E-state index is 13.5. The Morgan fingerprint density at radius 3 is 2.52 bits per heavy atom. The summed E-state index contributed by atoms with van der Waals surface area (Å²) in [6, 6.07) is 13.6. The minimum atomic E-state index is -0.0691. The van der Waals surface area contributed by atoms with Gasteiger partial charge in [-0.2, -0.15) is 0 Å². The molecule has 1 aliphatic heterocycles. The fraction of sp³-hybridized carbons (Fsp3) is 0.269. The molecular formula is C26H27N5O2. The Kier molecular flexibility index (Phi) is 5.69. The fourth-order valence-corrected chi connectivity index (χ4v) is 4.52. The summed E-state index contributed by atoms with van der Waals surface area (Å²) in [7, 11) is 0. The van der Waals surface area contributed by atoms with E-state index in [0.717, 1.165) is 42.0 Å². The van der Waals surface area contributed by atoms with E-state index in [-0.39, 0.29) is 5.43 Å². The number of carbonyl (C=O) groups excluding carboxylic acids is 1. The predicted octanol–water partition coefficient (Wildman–Crippen LogP) is 3.62. The van der Waals surface area contributed by atoms with Crippen molar-refractivity contribution in [3.8, 4) is 5.69 Å². The van der Waals surface area contributed by atoms with Crippen LogP contribution in [0.4, 0.5) is 11.5 Å². The Bertz CT molecular complexity index is 1300. The molecule has 7 nitrogen and oxygen atoms in total. The lowest BCUT2D eigenvalue weighted by molar-refractivity contribution is -0.118. The second-order valence-electron chi connectivity index (χ2n) is 8.44. The minimum Gasteiger partial charge on any atom is -0.367 e. The number of piperazine rings is 1. The van der Waals surface area contributed by atoms with Gasteiger partial charge < -0.3 is 15.1 Å². The third kappa shape index (κ3) is 4.14. The first kappa shape index (κ1) is 21.0. The molecule has 3 heterocycles. The average molecular weight is 442 g/mol. The van der Waals surface area contributed by atoms with Gasteiger partial charge in [0, 0.05) is 49.3 Å². The molecule has 1 aliphatic carbocycles. The van der Waals surface area contributed by atoms with E-state index in [2.05, 4.69) is 28.4 Å². The summed E-state index contributed by atoms with van der Waals surface area (Å²) < 4.78 is 2.03. The topological polar surface area (TPSA) is 70.5 Å². The molecular weight excluding hydrogens is 414 g/mol. The van der Waals surface area contributed by atoms with Crippen molar-refractivity contribution in [2.45, 2.75) is 19.8 Å². The van der Waals surface area contributed by atoms with Crippen molar-refractivity contribution < 1.29 is 4.79 Å². The van der Waals surface area contributed by atoms with Crippen molar-refractivity contribution in [3.05, 3.63) is 82.3 Å². The predicted molar refractivity (Wildman–Crippen MR) is 132 cm³/mol. The molecule has 1 aromatic carbocycles. The van der Waals surface area contributed by atoms with Gasteiger partial charge in [-0.25, -0.2) is 4.98 Å². The number of aromatic nitrogens is 2. The van der Waals surface area contributed by atoms with Crippen molar-refractivity contribution >= 4 is 28.9 Å². The number of fused-ring (bicyclic) bond motifs is 1. The Balaban J connectivity index is 1.71. The van der Waals surface area contributed by atoms with Crippen LogP contribution in [0.15, 0.2) is 71.2 Å². The van der Waals surface area contributed by atoms with E-state index in [0.29, 0.717) is 43.0 Å². The maximum atomic E-state index is 13.5. The SMILES string of the molecule is Cc1cc(N2CCN(C=O)CC2)c2c(=O)cc(NC3=CCCC=C3)n(-c3ccccc3)c2n1. The Morgan fingerprint density at radius 2 is 1.82 bits per heavy atom. The molecule has 1 amide bonds. The van der Waals surface area contributed by atoms with Crippen LogP contribution in [0.5, 0.6) is 0 Å². The second kappa shape index (κ2) is 8.94. The molecule has 0 bridgehead atoms. The zero-order valence-electron chi connectivity index (χ0n) is 18.7. The van der Waals surface area contributed by atoms with Gasteiger partial charge in [0.1, 0.15) is 5.82 Å². The van der Waals surface area contributed by atoms with Gasteiger partial charge in [-0.15, -0.1) is 0 Å². The number of rotatable bonds is 5. The third-order valence-corrected chi connectivity index (χ3v) is 6.16. The molecule has 2 aromatic heterocycles. The standard InChI is InChI=1S/C26H27N5O2/c1-19-16-22(30-14-12-29(18-32)13-15-30)25-23(33)17-24(28-20-8-4-2-5-9-20)31(26(25)27-19)21-10-6-3-7-11-21/h3-4,6-11,16-18,28H,2,5,12-15H2,1H3. The van der Waals surface area contributed by atoms with Gasteiger partial charge >= 0.3 is 0 Å².